The molecule has 1 N–H and O–H groups in total. The molecular formula is C14H28N2O4S. The van der Waals surface area contributed by atoms with Crippen LogP contribution < -0.4 is 5.32 Å². The van der Waals surface area contributed by atoms with Gasteiger partial charge in [0.1, 0.15) is 0 Å². The zero-order valence-electron chi connectivity index (χ0n) is 13.1. The van der Waals surface area contributed by atoms with Crippen molar-refractivity contribution >= 4 is 15.9 Å². The van der Waals surface area contributed by atoms with Crippen LogP contribution in [0.2, 0.25) is 0 Å². The fraction of sp³-hybridized carbons (Fsp3) is 0.929. The fourth-order valence-electron chi connectivity index (χ4n) is 2.33. The van der Waals surface area contributed by atoms with Gasteiger partial charge in [0.05, 0.1) is 6.26 Å². The first-order chi connectivity index (χ1) is 9.95. The van der Waals surface area contributed by atoms with Crippen molar-refractivity contribution in [3.63, 3.8) is 0 Å². The number of ether oxygens (including phenoxy) is 1. The van der Waals surface area contributed by atoms with Gasteiger partial charge in [0.2, 0.25) is 15.9 Å². The number of nitrogens with zero attached hydrogens (tertiary/aromatic N) is 1. The molecule has 0 bridgehead atoms. The zero-order valence-corrected chi connectivity index (χ0v) is 14.0. The lowest BCUT2D eigenvalue weighted by molar-refractivity contribution is -0.126. The highest BCUT2D eigenvalue weighted by Crippen LogP contribution is 2.19. The van der Waals surface area contributed by atoms with Crippen molar-refractivity contribution in [2.24, 2.45) is 5.92 Å². The lowest BCUT2D eigenvalue weighted by Crippen LogP contribution is -2.42. The maximum Gasteiger partial charge on any atom is 0.223 e. The van der Waals surface area contributed by atoms with Gasteiger partial charge < -0.3 is 10.1 Å². The normalized spacial score (nSPS) is 17.8. The Bertz CT molecular complexity index is 403. The van der Waals surface area contributed by atoms with Gasteiger partial charge in [-0.3, -0.25) is 4.79 Å². The van der Waals surface area contributed by atoms with E-state index >= 15 is 0 Å². The van der Waals surface area contributed by atoms with E-state index in [-0.39, 0.29) is 11.8 Å². The van der Waals surface area contributed by atoms with Crippen molar-refractivity contribution in [2.45, 2.75) is 39.0 Å². The molecule has 1 saturated heterocycles. The Labute approximate surface area is 128 Å². The highest BCUT2D eigenvalue weighted by atomic mass is 32.2. The SMILES string of the molecule is CCCCOCCCNC(=O)C1CCN(S(C)(=O)=O)CC1. The van der Waals surface area contributed by atoms with Gasteiger partial charge in [-0.15, -0.1) is 0 Å². The standard InChI is InChI=1S/C14H28N2O4S/c1-3-4-11-20-12-5-8-15-14(17)13-6-9-16(10-7-13)21(2,18)19/h13H,3-12H2,1-2H3,(H,15,17). The molecule has 1 aliphatic heterocycles. The van der Waals surface area contributed by atoms with Gasteiger partial charge in [-0.1, -0.05) is 13.3 Å². The molecule has 0 aromatic carbocycles. The van der Waals surface area contributed by atoms with E-state index in [1.807, 2.05) is 0 Å². The number of carbonyl (C=O) groups excluding carboxylic acids is 1. The molecule has 1 fully saturated rings. The third kappa shape index (κ3) is 7.24. The fourth-order valence-corrected chi connectivity index (χ4v) is 3.20. The van der Waals surface area contributed by atoms with Crippen LogP contribution in [0, 0.1) is 5.92 Å². The Balaban J connectivity index is 2.11. The summed E-state index contributed by atoms with van der Waals surface area (Å²) in [4.78, 5) is 12.0. The molecule has 124 valence electrons. The summed E-state index contributed by atoms with van der Waals surface area (Å²) in [6, 6.07) is 0. The van der Waals surface area contributed by atoms with Gasteiger partial charge in [-0.25, -0.2) is 12.7 Å². The lowest BCUT2D eigenvalue weighted by atomic mass is 9.97. The molecule has 0 aliphatic carbocycles. The van der Waals surface area contributed by atoms with Gasteiger partial charge in [-0.2, -0.15) is 0 Å². The number of rotatable bonds is 9. The zero-order chi connectivity index (χ0) is 15.7. The molecule has 0 radical (unpaired) electrons. The predicted molar refractivity (Wildman–Crippen MR) is 82.5 cm³/mol. The molecule has 1 heterocycles. The molecule has 6 nitrogen and oxygen atoms in total. The average Bonchev–Trinajstić information content (AvgIpc) is 2.45. The Morgan fingerprint density at radius 3 is 2.43 bits per heavy atom. The van der Waals surface area contributed by atoms with Crippen molar-refractivity contribution in [1.82, 2.24) is 9.62 Å². The third-order valence-electron chi connectivity index (χ3n) is 3.70. The van der Waals surface area contributed by atoms with Crippen molar-refractivity contribution in [2.75, 3.05) is 39.1 Å². The molecule has 0 unspecified atom stereocenters. The first-order valence-electron chi connectivity index (χ1n) is 7.75. The van der Waals surface area contributed by atoms with Crippen LogP contribution in [0.5, 0.6) is 0 Å². The number of piperidine rings is 1. The van der Waals surface area contributed by atoms with Crippen LogP contribution in [0.3, 0.4) is 0 Å². The first-order valence-corrected chi connectivity index (χ1v) is 9.60. The molecular weight excluding hydrogens is 292 g/mol. The smallest absolute Gasteiger partial charge is 0.223 e. The number of nitrogens with one attached hydrogen (secondary N) is 1. The molecule has 0 aromatic heterocycles. The number of amides is 1. The molecule has 1 aliphatic rings. The van der Waals surface area contributed by atoms with E-state index in [0.29, 0.717) is 39.1 Å². The number of carbonyl (C=O) groups is 1. The minimum Gasteiger partial charge on any atom is -0.381 e. The second kappa shape index (κ2) is 9.38. The lowest BCUT2D eigenvalue weighted by Gasteiger charge is -2.29. The minimum atomic E-state index is -3.12. The third-order valence-corrected chi connectivity index (χ3v) is 5.00. The number of hydrogen-bond acceptors (Lipinski definition) is 4. The van der Waals surface area contributed by atoms with Crippen molar-refractivity contribution in [1.29, 1.82) is 0 Å². The van der Waals surface area contributed by atoms with Gasteiger partial charge in [0, 0.05) is 38.8 Å². The van der Waals surface area contributed by atoms with Gasteiger partial charge in [-0.05, 0) is 25.7 Å². The quantitative estimate of drug-likeness (QED) is 0.643. The molecule has 0 aromatic rings. The highest BCUT2D eigenvalue weighted by molar-refractivity contribution is 7.88. The molecule has 0 saturated carbocycles. The summed E-state index contributed by atoms with van der Waals surface area (Å²) in [6.07, 6.45) is 5.44. The predicted octanol–water partition coefficient (Wildman–Crippen LogP) is 0.981. The van der Waals surface area contributed by atoms with E-state index in [1.165, 1.54) is 10.6 Å². The molecule has 0 atom stereocenters. The Morgan fingerprint density at radius 2 is 1.86 bits per heavy atom. The summed E-state index contributed by atoms with van der Waals surface area (Å²) >= 11 is 0. The summed E-state index contributed by atoms with van der Waals surface area (Å²) in [5.74, 6) is -0.0271. The minimum absolute atomic E-state index is 0.0386. The monoisotopic (exact) mass is 320 g/mol. The summed E-state index contributed by atoms with van der Waals surface area (Å²) in [7, 11) is -3.12. The number of unbranched alkanes of at least 4 members (excludes halogenated alkanes) is 1. The van der Waals surface area contributed by atoms with Crippen LogP contribution in [0.4, 0.5) is 0 Å². The van der Waals surface area contributed by atoms with Gasteiger partial charge in [0.25, 0.3) is 0 Å². The number of hydrogen-bond donors (Lipinski definition) is 1. The van der Waals surface area contributed by atoms with E-state index < -0.39 is 10.0 Å². The van der Waals surface area contributed by atoms with Crippen LogP contribution in [0.25, 0.3) is 0 Å². The molecule has 1 rings (SSSR count). The van der Waals surface area contributed by atoms with Crippen molar-refractivity contribution < 1.29 is 17.9 Å². The van der Waals surface area contributed by atoms with Crippen molar-refractivity contribution in [3.8, 4) is 0 Å². The van der Waals surface area contributed by atoms with Crippen LogP contribution in [0.15, 0.2) is 0 Å². The Morgan fingerprint density at radius 1 is 1.24 bits per heavy atom. The van der Waals surface area contributed by atoms with Crippen LogP contribution in [-0.2, 0) is 19.6 Å². The summed E-state index contributed by atoms with van der Waals surface area (Å²) in [5, 5.41) is 2.91. The van der Waals surface area contributed by atoms with E-state index in [9.17, 15) is 13.2 Å². The maximum absolute atomic E-state index is 12.0. The Kier molecular flexibility index (Phi) is 8.21. The summed E-state index contributed by atoms with van der Waals surface area (Å²) in [6.45, 7) is 5.09. The van der Waals surface area contributed by atoms with E-state index in [2.05, 4.69) is 12.2 Å². The van der Waals surface area contributed by atoms with Crippen LogP contribution >= 0.6 is 0 Å². The first kappa shape index (κ1) is 18.4. The summed E-state index contributed by atoms with van der Waals surface area (Å²) in [5.41, 5.74) is 0. The van der Waals surface area contributed by atoms with E-state index in [1.54, 1.807) is 0 Å². The van der Waals surface area contributed by atoms with E-state index in [0.717, 1.165) is 25.9 Å². The van der Waals surface area contributed by atoms with E-state index in [4.69, 9.17) is 4.74 Å². The summed E-state index contributed by atoms with van der Waals surface area (Å²) < 4.78 is 29.7. The number of sulfonamides is 1. The van der Waals surface area contributed by atoms with Crippen LogP contribution in [-0.4, -0.2) is 57.7 Å². The largest absolute Gasteiger partial charge is 0.381 e. The second-order valence-corrected chi connectivity index (χ2v) is 7.53. The highest BCUT2D eigenvalue weighted by Gasteiger charge is 2.28. The Hall–Kier alpha value is -0.660. The van der Waals surface area contributed by atoms with Crippen LogP contribution in [0.1, 0.15) is 39.0 Å². The van der Waals surface area contributed by atoms with Gasteiger partial charge >= 0.3 is 0 Å². The van der Waals surface area contributed by atoms with Gasteiger partial charge in [0.15, 0.2) is 0 Å². The van der Waals surface area contributed by atoms with Crippen molar-refractivity contribution in [3.05, 3.63) is 0 Å². The second-order valence-electron chi connectivity index (χ2n) is 5.55. The molecule has 21 heavy (non-hydrogen) atoms. The molecule has 7 heteroatoms. The molecule has 0 spiro atoms. The molecule has 1 amide bonds. The average molecular weight is 320 g/mol. The topological polar surface area (TPSA) is 75.7 Å². The maximum atomic E-state index is 12.0.